The van der Waals surface area contributed by atoms with Crippen LogP contribution in [0.15, 0.2) is 54.7 Å². The molecule has 4 aromatic rings. The highest BCUT2D eigenvalue weighted by molar-refractivity contribution is 6.39. The molecule has 0 spiro atoms. The summed E-state index contributed by atoms with van der Waals surface area (Å²) in [5.41, 5.74) is 7.56. The van der Waals surface area contributed by atoms with Crippen molar-refractivity contribution in [3.63, 3.8) is 0 Å². The van der Waals surface area contributed by atoms with Crippen LogP contribution in [-0.2, 0) is 24.3 Å². The molecule has 2 aliphatic rings. The summed E-state index contributed by atoms with van der Waals surface area (Å²) < 4.78 is 5.64. The largest absolute Gasteiger partial charge is 0.481 e. The number of ether oxygens (including phenoxy) is 1. The number of hydrogen-bond donors (Lipinski definition) is 3. The number of fused-ring (bicyclic) bond motifs is 1. The van der Waals surface area contributed by atoms with Crippen molar-refractivity contribution >= 4 is 40.7 Å². The molecule has 0 saturated carbocycles. The third kappa shape index (κ3) is 7.03. The normalized spacial score (nSPS) is 17.1. The number of hydrogen-bond acceptors (Lipinski definition) is 7. The van der Waals surface area contributed by atoms with Crippen LogP contribution in [0.25, 0.3) is 33.6 Å². The highest BCUT2D eigenvalue weighted by Crippen LogP contribution is 2.42. The van der Waals surface area contributed by atoms with E-state index in [1.54, 1.807) is 20.2 Å². The van der Waals surface area contributed by atoms with E-state index in [2.05, 4.69) is 26.6 Å². The van der Waals surface area contributed by atoms with Crippen LogP contribution in [0.1, 0.15) is 36.5 Å². The van der Waals surface area contributed by atoms with E-state index in [0.29, 0.717) is 64.9 Å². The molecule has 11 heteroatoms. The predicted molar refractivity (Wildman–Crippen MR) is 183 cm³/mol. The summed E-state index contributed by atoms with van der Waals surface area (Å²) in [6.45, 7) is 5.18. The van der Waals surface area contributed by atoms with Gasteiger partial charge in [-0.3, -0.25) is 14.7 Å². The molecule has 2 aliphatic heterocycles. The average Bonchev–Trinajstić information content (AvgIpc) is 3.46. The average molecular weight is 681 g/mol. The van der Waals surface area contributed by atoms with Gasteiger partial charge in [0.1, 0.15) is 0 Å². The number of methoxy groups -OCH3 is 1. The summed E-state index contributed by atoms with van der Waals surface area (Å²) in [5.74, 6) is 0.605. The van der Waals surface area contributed by atoms with E-state index in [1.165, 1.54) is 0 Å². The van der Waals surface area contributed by atoms with Crippen molar-refractivity contribution < 1.29 is 14.6 Å². The van der Waals surface area contributed by atoms with Crippen molar-refractivity contribution in [1.82, 2.24) is 25.5 Å². The molecule has 46 heavy (non-hydrogen) atoms. The van der Waals surface area contributed by atoms with Crippen LogP contribution in [0.3, 0.4) is 0 Å². The van der Waals surface area contributed by atoms with Gasteiger partial charge < -0.3 is 20.5 Å². The van der Waals surface area contributed by atoms with Gasteiger partial charge in [0.05, 0.1) is 34.6 Å². The Kier molecular flexibility index (Phi) is 10.1. The molecule has 240 valence electrons. The number of benzene rings is 2. The first-order chi connectivity index (χ1) is 22.2. The van der Waals surface area contributed by atoms with Gasteiger partial charge in [0.15, 0.2) is 0 Å². The lowest BCUT2D eigenvalue weighted by Crippen LogP contribution is -2.35. The van der Waals surface area contributed by atoms with Gasteiger partial charge in [-0.2, -0.15) is 0 Å². The maximum Gasteiger partial charge on any atom is 0.220 e. The third-order valence-electron chi connectivity index (χ3n) is 8.54. The molecular weight excluding hydrogens is 645 g/mol. The Bertz CT molecular complexity index is 1770. The number of aromatic nitrogens is 2. The first kappa shape index (κ1) is 32.7. The smallest absolute Gasteiger partial charge is 0.220 e. The SMILES string of the molecule is COc1nc(-c2cccc(-c3ccnc(-c4cc(Cl)c5c(c4)CCN(CC(C)O)C5)c3Cl)c2Cl)ccc1CNCC1CCC(=O)N1. The Morgan fingerprint density at radius 1 is 1.09 bits per heavy atom. The number of halogens is 3. The fourth-order valence-corrected chi connectivity index (χ4v) is 7.22. The zero-order chi connectivity index (χ0) is 32.4. The summed E-state index contributed by atoms with van der Waals surface area (Å²) in [5, 5.41) is 17.9. The lowest BCUT2D eigenvalue weighted by atomic mass is 9.94. The molecule has 0 bridgehead atoms. The van der Waals surface area contributed by atoms with E-state index in [9.17, 15) is 9.90 Å². The van der Waals surface area contributed by atoms with Gasteiger partial charge in [0.2, 0.25) is 11.8 Å². The van der Waals surface area contributed by atoms with Gasteiger partial charge in [0.25, 0.3) is 0 Å². The second kappa shape index (κ2) is 14.3. The molecule has 1 amide bonds. The van der Waals surface area contributed by atoms with E-state index >= 15 is 0 Å². The molecule has 1 saturated heterocycles. The maximum atomic E-state index is 11.5. The van der Waals surface area contributed by atoms with E-state index in [0.717, 1.165) is 58.3 Å². The monoisotopic (exact) mass is 679 g/mol. The van der Waals surface area contributed by atoms with E-state index in [-0.39, 0.29) is 11.9 Å². The van der Waals surface area contributed by atoms with Crippen molar-refractivity contribution in [2.75, 3.05) is 26.7 Å². The summed E-state index contributed by atoms with van der Waals surface area (Å²) in [4.78, 5) is 23.1. The molecule has 2 aromatic carbocycles. The molecule has 8 nitrogen and oxygen atoms in total. The lowest BCUT2D eigenvalue weighted by Gasteiger charge is -2.30. The van der Waals surface area contributed by atoms with Gasteiger partial charge in [-0.25, -0.2) is 4.98 Å². The molecular formula is C35H36Cl3N5O3. The Morgan fingerprint density at radius 2 is 1.89 bits per heavy atom. The molecule has 3 N–H and O–H groups in total. The summed E-state index contributed by atoms with van der Waals surface area (Å²) in [7, 11) is 1.60. The number of carbonyl (C=O) groups is 1. The zero-order valence-electron chi connectivity index (χ0n) is 25.7. The minimum atomic E-state index is -0.394. The van der Waals surface area contributed by atoms with E-state index in [1.807, 2.05) is 42.5 Å². The van der Waals surface area contributed by atoms with Gasteiger partial charge in [-0.1, -0.05) is 59.1 Å². The van der Waals surface area contributed by atoms with Crippen LogP contribution < -0.4 is 15.4 Å². The number of rotatable bonds is 10. The van der Waals surface area contributed by atoms with E-state index in [4.69, 9.17) is 44.5 Å². The van der Waals surface area contributed by atoms with Gasteiger partial charge >= 0.3 is 0 Å². The molecule has 0 aliphatic carbocycles. The van der Waals surface area contributed by atoms with Gasteiger partial charge in [-0.05, 0) is 55.2 Å². The number of β-amino-alcohol motifs (C(OH)–C–C–N with tert-alkyl or cyclic N) is 1. The molecule has 4 heterocycles. The maximum absolute atomic E-state index is 11.5. The van der Waals surface area contributed by atoms with Gasteiger partial charge in [0, 0.05) is 84.2 Å². The molecule has 0 radical (unpaired) electrons. The topological polar surface area (TPSA) is 99.6 Å². The summed E-state index contributed by atoms with van der Waals surface area (Å²) in [6, 6.07) is 15.7. The zero-order valence-corrected chi connectivity index (χ0v) is 28.0. The second-order valence-electron chi connectivity index (χ2n) is 11.9. The number of amides is 1. The number of carbonyl (C=O) groups excluding carboxylic acids is 1. The minimum absolute atomic E-state index is 0.101. The van der Waals surface area contributed by atoms with Crippen molar-refractivity contribution in [1.29, 1.82) is 0 Å². The molecule has 1 fully saturated rings. The van der Waals surface area contributed by atoms with Gasteiger partial charge in [-0.15, -0.1) is 0 Å². The first-order valence-corrected chi connectivity index (χ1v) is 16.5. The van der Waals surface area contributed by atoms with Crippen LogP contribution in [0, 0.1) is 0 Å². The Labute approximate surface area is 284 Å². The molecule has 2 unspecified atom stereocenters. The Balaban J connectivity index is 1.26. The number of pyridine rings is 2. The minimum Gasteiger partial charge on any atom is -0.481 e. The highest BCUT2D eigenvalue weighted by atomic mass is 35.5. The first-order valence-electron chi connectivity index (χ1n) is 15.4. The molecule has 2 atom stereocenters. The highest BCUT2D eigenvalue weighted by Gasteiger charge is 2.24. The molecule has 2 aromatic heterocycles. The predicted octanol–water partition coefficient (Wildman–Crippen LogP) is 6.55. The number of aliphatic hydroxyl groups excluding tert-OH is 1. The van der Waals surface area contributed by atoms with Crippen LogP contribution in [0.4, 0.5) is 0 Å². The van der Waals surface area contributed by atoms with Crippen LogP contribution in [0.5, 0.6) is 5.88 Å². The fourth-order valence-electron chi connectivity index (χ4n) is 6.27. The molecule has 6 rings (SSSR count). The van der Waals surface area contributed by atoms with Crippen molar-refractivity contribution in [2.45, 2.75) is 51.4 Å². The number of nitrogens with one attached hydrogen (secondary N) is 2. The number of aliphatic hydroxyl groups is 1. The Hall–Kier alpha value is -3.24. The van der Waals surface area contributed by atoms with Crippen LogP contribution in [-0.4, -0.2) is 64.8 Å². The number of nitrogens with zero attached hydrogens (tertiary/aromatic N) is 3. The summed E-state index contributed by atoms with van der Waals surface area (Å²) in [6.07, 6.45) is 3.57. The van der Waals surface area contributed by atoms with Crippen molar-refractivity contribution in [3.8, 4) is 39.5 Å². The fraction of sp³-hybridized carbons (Fsp3) is 0.343. The second-order valence-corrected chi connectivity index (χ2v) is 13.1. The Morgan fingerprint density at radius 3 is 2.65 bits per heavy atom. The summed E-state index contributed by atoms with van der Waals surface area (Å²) >= 11 is 20.9. The third-order valence-corrected chi connectivity index (χ3v) is 9.67. The quantitative estimate of drug-likeness (QED) is 0.175. The van der Waals surface area contributed by atoms with Crippen molar-refractivity contribution in [2.24, 2.45) is 0 Å². The van der Waals surface area contributed by atoms with Crippen LogP contribution >= 0.6 is 34.8 Å². The van der Waals surface area contributed by atoms with Crippen LogP contribution in [0.2, 0.25) is 15.1 Å². The van der Waals surface area contributed by atoms with E-state index < -0.39 is 6.10 Å². The van der Waals surface area contributed by atoms with Crippen molar-refractivity contribution in [3.05, 3.63) is 86.5 Å². The lowest BCUT2D eigenvalue weighted by molar-refractivity contribution is -0.119. The standard InChI is InChI=1S/C35H36Cl3N5O3/c1-20(44)18-43-13-11-21-14-23(15-29(36)28(21)19-43)34-33(38)26(10-12-40-34)25-4-3-5-27(32(25)37)30-8-6-22(35(42-30)46-2)16-39-17-24-7-9-31(45)41-24/h3-6,8,10,12,14-15,20,24,39,44H,7,9,11,13,16-19H2,1-2H3,(H,41,45).